The third kappa shape index (κ3) is 4.35. The molecule has 17 heavy (non-hydrogen) atoms. The second-order valence-electron chi connectivity index (χ2n) is 4.33. The number of alkyl carbamates (subject to hydrolysis) is 1. The van der Waals surface area contributed by atoms with Gasteiger partial charge in [-0.25, -0.2) is 4.79 Å². The molecule has 1 saturated carbocycles. The maximum atomic E-state index is 11.5. The minimum absolute atomic E-state index is 0.217. The first-order valence-corrected chi connectivity index (χ1v) is 5.77. The normalized spacial score (nSPS) is 17.8. The predicted molar refractivity (Wildman–Crippen MR) is 62.9 cm³/mol. The van der Waals surface area contributed by atoms with Crippen LogP contribution in [0.4, 0.5) is 4.79 Å². The van der Waals surface area contributed by atoms with Gasteiger partial charge in [0.2, 0.25) is 5.91 Å². The van der Waals surface area contributed by atoms with Gasteiger partial charge in [0, 0.05) is 6.42 Å². The monoisotopic (exact) mass is 238 g/mol. The first-order valence-electron chi connectivity index (χ1n) is 5.77. The van der Waals surface area contributed by atoms with Crippen LogP contribution < -0.4 is 11.1 Å². The molecule has 1 fully saturated rings. The smallest absolute Gasteiger partial charge is 0.408 e. The van der Waals surface area contributed by atoms with E-state index in [0.29, 0.717) is 6.42 Å². The molecule has 0 spiro atoms. The fourth-order valence-electron chi connectivity index (χ4n) is 2.09. The summed E-state index contributed by atoms with van der Waals surface area (Å²) in [4.78, 5) is 22.0. The van der Waals surface area contributed by atoms with Crippen molar-refractivity contribution in [1.29, 1.82) is 0 Å². The van der Waals surface area contributed by atoms with E-state index < -0.39 is 17.6 Å². The molecule has 0 saturated heterocycles. The molecule has 0 heterocycles. The van der Waals surface area contributed by atoms with Crippen LogP contribution in [0, 0.1) is 12.3 Å². The number of hydrogen-bond acceptors (Lipinski definition) is 3. The predicted octanol–water partition coefficient (Wildman–Crippen LogP) is 0.924. The van der Waals surface area contributed by atoms with Gasteiger partial charge < -0.3 is 15.8 Å². The summed E-state index contributed by atoms with van der Waals surface area (Å²) in [5, 5.41) is 2.31. The third-order valence-corrected chi connectivity index (χ3v) is 2.91. The minimum Gasteiger partial charge on any atom is -0.442 e. The van der Waals surface area contributed by atoms with Crippen LogP contribution in [0.15, 0.2) is 0 Å². The number of nitrogens with one attached hydrogen (secondary N) is 1. The summed E-state index contributed by atoms with van der Waals surface area (Å²) in [5.74, 6) is 1.95. The highest BCUT2D eigenvalue weighted by Gasteiger charge is 2.35. The highest BCUT2D eigenvalue weighted by atomic mass is 16.6. The summed E-state index contributed by atoms with van der Waals surface area (Å²) < 4.78 is 5.37. The fourth-order valence-corrected chi connectivity index (χ4v) is 2.09. The van der Waals surface area contributed by atoms with E-state index in [2.05, 4.69) is 11.2 Å². The van der Waals surface area contributed by atoms with Crippen LogP contribution in [0.3, 0.4) is 0 Å². The van der Waals surface area contributed by atoms with E-state index in [1.807, 2.05) is 0 Å². The number of primary amides is 1. The van der Waals surface area contributed by atoms with Crippen molar-refractivity contribution in [3.63, 3.8) is 0 Å². The molecule has 1 aliphatic carbocycles. The average Bonchev–Trinajstić information content (AvgIpc) is 2.28. The molecule has 2 amide bonds. The lowest BCUT2D eigenvalue weighted by molar-refractivity contribution is -0.117. The van der Waals surface area contributed by atoms with E-state index in [1.165, 1.54) is 0 Å². The molecule has 1 rings (SSSR count). The average molecular weight is 238 g/mol. The summed E-state index contributed by atoms with van der Waals surface area (Å²) in [5.41, 5.74) is 4.36. The van der Waals surface area contributed by atoms with Crippen molar-refractivity contribution in [1.82, 2.24) is 5.32 Å². The zero-order chi connectivity index (χ0) is 12.7. The molecule has 0 radical (unpaired) electrons. The topological polar surface area (TPSA) is 81.4 Å². The molecule has 0 bridgehead atoms. The van der Waals surface area contributed by atoms with Crippen LogP contribution in [-0.4, -0.2) is 24.1 Å². The number of nitrogens with two attached hydrogens (primary N) is 1. The lowest BCUT2D eigenvalue weighted by atomic mass is 9.82. The number of ether oxygens (including phenoxy) is 1. The Morgan fingerprint density at radius 3 is 2.53 bits per heavy atom. The van der Waals surface area contributed by atoms with E-state index in [-0.39, 0.29) is 6.54 Å². The van der Waals surface area contributed by atoms with Crippen LogP contribution in [0.5, 0.6) is 0 Å². The van der Waals surface area contributed by atoms with E-state index in [9.17, 15) is 9.59 Å². The Bertz CT molecular complexity index is 327. The summed E-state index contributed by atoms with van der Waals surface area (Å²) in [6.45, 7) is -0.217. The molecule has 0 aromatic heterocycles. The van der Waals surface area contributed by atoms with Gasteiger partial charge in [0.1, 0.15) is 5.60 Å². The maximum absolute atomic E-state index is 11.5. The molecule has 0 aliphatic heterocycles. The molecule has 3 N–H and O–H groups in total. The fraction of sp³-hybridized carbons (Fsp3) is 0.667. The highest BCUT2D eigenvalue weighted by molar-refractivity contribution is 5.80. The molecule has 5 nitrogen and oxygen atoms in total. The zero-order valence-electron chi connectivity index (χ0n) is 9.83. The third-order valence-electron chi connectivity index (χ3n) is 2.91. The van der Waals surface area contributed by atoms with Crippen LogP contribution in [0.25, 0.3) is 0 Å². The molecular formula is C12H18N2O3. The van der Waals surface area contributed by atoms with Gasteiger partial charge in [-0.2, -0.15) is 0 Å². The van der Waals surface area contributed by atoms with Crippen molar-refractivity contribution in [2.45, 2.75) is 44.1 Å². The molecule has 0 atom stereocenters. The summed E-state index contributed by atoms with van der Waals surface area (Å²) in [6.07, 6.45) is 9.80. The van der Waals surface area contributed by atoms with E-state index >= 15 is 0 Å². The van der Waals surface area contributed by atoms with E-state index in [4.69, 9.17) is 16.9 Å². The lowest BCUT2D eigenvalue weighted by Crippen LogP contribution is -2.42. The van der Waals surface area contributed by atoms with Crippen LogP contribution in [-0.2, 0) is 9.53 Å². The van der Waals surface area contributed by atoms with Gasteiger partial charge in [0.15, 0.2) is 0 Å². The molecule has 1 aliphatic rings. The SMILES string of the molecule is C#CCC1(OC(=O)NCC(N)=O)CCCCC1. The van der Waals surface area contributed by atoms with Gasteiger partial charge in [0.05, 0.1) is 6.54 Å². The Kier molecular flexibility index (Phi) is 4.83. The number of carbonyl (C=O) groups excluding carboxylic acids is 2. The number of rotatable bonds is 4. The summed E-state index contributed by atoms with van der Waals surface area (Å²) >= 11 is 0. The molecule has 94 valence electrons. The Labute approximate surface area is 101 Å². The number of terminal acetylenes is 1. The zero-order valence-corrected chi connectivity index (χ0v) is 9.83. The molecule has 0 aromatic carbocycles. The Balaban J connectivity index is 2.51. The van der Waals surface area contributed by atoms with Gasteiger partial charge >= 0.3 is 6.09 Å². The van der Waals surface area contributed by atoms with Gasteiger partial charge in [0.25, 0.3) is 0 Å². The van der Waals surface area contributed by atoms with Crippen molar-refractivity contribution >= 4 is 12.0 Å². The molecular weight excluding hydrogens is 220 g/mol. The van der Waals surface area contributed by atoms with Gasteiger partial charge in [-0.1, -0.05) is 6.42 Å². The second-order valence-corrected chi connectivity index (χ2v) is 4.33. The molecule has 5 heteroatoms. The standard InChI is InChI=1S/C12H18N2O3/c1-2-6-12(7-4-3-5-8-12)17-11(16)14-9-10(13)15/h1H,3-9H2,(H2,13,15)(H,14,16). The van der Waals surface area contributed by atoms with Crippen LogP contribution in [0.1, 0.15) is 38.5 Å². The Morgan fingerprint density at radius 1 is 1.35 bits per heavy atom. The van der Waals surface area contributed by atoms with Gasteiger partial charge in [-0.3, -0.25) is 4.79 Å². The van der Waals surface area contributed by atoms with E-state index in [0.717, 1.165) is 32.1 Å². The van der Waals surface area contributed by atoms with Crippen LogP contribution >= 0.6 is 0 Å². The summed E-state index contributed by atoms with van der Waals surface area (Å²) in [6, 6.07) is 0. The number of carbonyl (C=O) groups is 2. The second kappa shape index (κ2) is 6.14. The van der Waals surface area contributed by atoms with Crippen molar-refractivity contribution < 1.29 is 14.3 Å². The maximum Gasteiger partial charge on any atom is 0.408 e. The Morgan fingerprint density at radius 2 is 2.00 bits per heavy atom. The van der Waals surface area contributed by atoms with Crippen molar-refractivity contribution in [3.05, 3.63) is 0 Å². The number of hydrogen-bond donors (Lipinski definition) is 2. The lowest BCUT2D eigenvalue weighted by Gasteiger charge is -2.35. The molecule has 0 unspecified atom stereocenters. The first-order chi connectivity index (χ1) is 8.08. The molecule has 0 aromatic rings. The van der Waals surface area contributed by atoms with Crippen LogP contribution in [0.2, 0.25) is 0 Å². The minimum atomic E-state index is -0.624. The van der Waals surface area contributed by atoms with Crippen molar-refractivity contribution in [3.8, 4) is 12.3 Å². The van der Waals surface area contributed by atoms with Crippen molar-refractivity contribution in [2.75, 3.05) is 6.54 Å². The largest absolute Gasteiger partial charge is 0.442 e. The quantitative estimate of drug-likeness (QED) is 0.715. The Hall–Kier alpha value is -1.70. The number of amides is 2. The van der Waals surface area contributed by atoms with E-state index in [1.54, 1.807) is 0 Å². The summed E-state index contributed by atoms with van der Waals surface area (Å²) in [7, 11) is 0. The van der Waals surface area contributed by atoms with Crippen molar-refractivity contribution in [2.24, 2.45) is 5.73 Å². The first kappa shape index (κ1) is 13.4. The highest BCUT2D eigenvalue weighted by Crippen LogP contribution is 2.34. The van der Waals surface area contributed by atoms with Gasteiger partial charge in [-0.15, -0.1) is 12.3 Å². The van der Waals surface area contributed by atoms with Gasteiger partial charge in [-0.05, 0) is 25.7 Å².